The van der Waals surface area contributed by atoms with E-state index in [2.05, 4.69) is 6.92 Å². The molecule has 0 heterocycles. The first kappa shape index (κ1) is 19.4. The third-order valence-corrected chi connectivity index (χ3v) is 4.00. The van der Waals surface area contributed by atoms with Gasteiger partial charge in [0.25, 0.3) is 0 Å². The molecule has 0 aliphatic rings. The van der Waals surface area contributed by atoms with Crippen molar-refractivity contribution in [3.05, 3.63) is 41.5 Å². The van der Waals surface area contributed by atoms with Crippen LogP contribution in [0.1, 0.15) is 50.2 Å². The summed E-state index contributed by atoms with van der Waals surface area (Å²) in [5, 5.41) is 8.72. The van der Waals surface area contributed by atoms with E-state index in [-0.39, 0.29) is 0 Å². The number of benzene rings is 1. The predicted molar refractivity (Wildman–Crippen MR) is 92.3 cm³/mol. The van der Waals surface area contributed by atoms with Crippen LogP contribution in [0, 0.1) is 0 Å². The summed E-state index contributed by atoms with van der Waals surface area (Å²) in [6.45, 7) is 2.19. The molecule has 0 aliphatic carbocycles. The number of hydrogen-bond donors (Lipinski definition) is 1. The number of ether oxygens (including phenoxy) is 2. The topological polar surface area (TPSA) is 55.8 Å². The Bertz CT molecular complexity index is 504. The molecule has 0 spiro atoms. The minimum Gasteiger partial charge on any atom is -0.478 e. The molecule has 4 heteroatoms. The van der Waals surface area contributed by atoms with Crippen LogP contribution in [0.5, 0.6) is 0 Å². The standard InChI is InChI=1S/C19H28O4/c1-4-5-6-7-13-19(22-2,23-3)15-17-10-8-9-16(14-17)11-12-18(20)21/h8-12,14H,4-7,13,15H2,1-3H3,(H,20,21). The SMILES string of the molecule is CCCCCCC(Cc1cccc(C=CC(=O)O)c1)(OC)OC. The van der Waals surface area contributed by atoms with E-state index in [9.17, 15) is 4.79 Å². The summed E-state index contributed by atoms with van der Waals surface area (Å²) in [6, 6.07) is 7.78. The zero-order valence-corrected chi connectivity index (χ0v) is 14.4. The molecule has 0 saturated carbocycles. The molecule has 1 aromatic rings. The van der Waals surface area contributed by atoms with Crippen molar-refractivity contribution in [3.63, 3.8) is 0 Å². The van der Waals surface area contributed by atoms with Crippen LogP contribution in [0.15, 0.2) is 30.3 Å². The van der Waals surface area contributed by atoms with Crippen LogP contribution in [-0.2, 0) is 20.7 Å². The fourth-order valence-corrected chi connectivity index (χ4v) is 2.63. The van der Waals surface area contributed by atoms with E-state index in [1.54, 1.807) is 20.3 Å². The molecule has 0 unspecified atom stereocenters. The zero-order valence-electron chi connectivity index (χ0n) is 14.4. The van der Waals surface area contributed by atoms with Crippen LogP contribution >= 0.6 is 0 Å². The number of carbonyl (C=O) groups is 1. The molecule has 0 radical (unpaired) electrons. The average Bonchev–Trinajstić information content (AvgIpc) is 2.56. The second-order valence-electron chi connectivity index (χ2n) is 5.72. The number of hydrogen-bond acceptors (Lipinski definition) is 3. The van der Waals surface area contributed by atoms with Crippen LogP contribution in [-0.4, -0.2) is 31.1 Å². The van der Waals surface area contributed by atoms with Gasteiger partial charge in [-0.3, -0.25) is 0 Å². The van der Waals surface area contributed by atoms with Gasteiger partial charge < -0.3 is 14.6 Å². The molecule has 4 nitrogen and oxygen atoms in total. The van der Waals surface area contributed by atoms with Crippen molar-refractivity contribution < 1.29 is 19.4 Å². The summed E-state index contributed by atoms with van der Waals surface area (Å²) in [5.41, 5.74) is 1.92. The van der Waals surface area contributed by atoms with E-state index in [1.807, 2.05) is 24.3 Å². The summed E-state index contributed by atoms with van der Waals surface area (Å²) < 4.78 is 11.3. The van der Waals surface area contributed by atoms with Crippen LogP contribution in [0.2, 0.25) is 0 Å². The lowest BCUT2D eigenvalue weighted by atomic mass is 9.97. The molecular formula is C19H28O4. The summed E-state index contributed by atoms with van der Waals surface area (Å²) in [5.74, 6) is -1.57. The third kappa shape index (κ3) is 6.97. The maximum Gasteiger partial charge on any atom is 0.328 e. The Hall–Kier alpha value is -1.65. The number of aliphatic carboxylic acids is 1. The first-order valence-corrected chi connectivity index (χ1v) is 8.15. The average molecular weight is 320 g/mol. The highest BCUT2D eigenvalue weighted by atomic mass is 16.7. The molecule has 0 atom stereocenters. The lowest BCUT2D eigenvalue weighted by Crippen LogP contribution is -2.36. The number of carboxylic acid groups (broad SMARTS) is 1. The molecule has 0 aliphatic heterocycles. The van der Waals surface area contributed by atoms with E-state index in [0.29, 0.717) is 6.42 Å². The van der Waals surface area contributed by atoms with Gasteiger partial charge in [0.05, 0.1) is 0 Å². The summed E-state index contributed by atoms with van der Waals surface area (Å²) in [7, 11) is 3.36. The zero-order chi connectivity index (χ0) is 17.1. The maximum atomic E-state index is 10.6. The molecular weight excluding hydrogens is 292 g/mol. The molecule has 128 valence electrons. The molecule has 0 bridgehead atoms. The van der Waals surface area contributed by atoms with Gasteiger partial charge in [-0.15, -0.1) is 0 Å². The summed E-state index contributed by atoms with van der Waals surface area (Å²) >= 11 is 0. The van der Waals surface area contributed by atoms with E-state index < -0.39 is 11.8 Å². The van der Waals surface area contributed by atoms with Crippen LogP contribution in [0.25, 0.3) is 6.08 Å². The minimum atomic E-state index is -0.950. The Kier molecular flexibility index (Phi) is 8.59. The van der Waals surface area contributed by atoms with Crippen LogP contribution in [0.4, 0.5) is 0 Å². The number of carboxylic acids is 1. The Morgan fingerprint density at radius 1 is 1.22 bits per heavy atom. The van der Waals surface area contributed by atoms with E-state index in [4.69, 9.17) is 14.6 Å². The second kappa shape index (κ2) is 10.2. The Labute approximate surface area is 139 Å². The highest BCUT2D eigenvalue weighted by Gasteiger charge is 2.29. The van der Waals surface area contributed by atoms with Gasteiger partial charge in [0, 0.05) is 33.1 Å². The van der Waals surface area contributed by atoms with Crippen molar-refractivity contribution in [2.24, 2.45) is 0 Å². The highest BCUT2D eigenvalue weighted by molar-refractivity contribution is 5.85. The van der Waals surface area contributed by atoms with Crippen molar-refractivity contribution in [1.29, 1.82) is 0 Å². The van der Waals surface area contributed by atoms with Gasteiger partial charge in [0.2, 0.25) is 0 Å². The Morgan fingerprint density at radius 2 is 1.96 bits per heavy atom. The van der Waals surface area contributed by atoms with Crippen molar-refractivity contribution in [1.82, 2.24) is 0 Å². The lowest BCUT2D eigenvalue weighted by Gasteiger charge is -2.31. The molecule has 0 fully saturated rings. The monoisotopic (exact) mass is 320 g/mol. The second-order valence-corrected chi connectivity index (χ2v) is 5.72. The molecule has 1 N–H and O–H groups in total. The lowest BCUT2D eigenvalue weighted by molar-refractivity contribution is -0.210. The van der Waals surface area contributed by atoms with Crippen LogP contribution in [0.3, 0.4) is 0 Å². The molecule has 0 saturated heterocycles. The van der Waals surface area contributed by atoms with Gasteiger partial charge in [-0.05, 0) is 23.6 Å². The first-order chi connectivity index (χ1) is 11.0. The largest absolute Gasteiger partial charge is 0.478 e. The van der Waals surface area contributed by atoms with Crippen molar-refractivity contribution >= 4 is 12.0 Å². The Morgan fingerprint density at radius 3 is 2.57 bits per heavy atom. The molecule has 0 amide bonds. The van der Waals surface area contributed by atoms with Gasteiger partial charge in [0.15, 0.2) is 5.79 Å². The molecule has 1 rings (SSSR count). The van der Waals surface area contributed by atoms with Gasteiger partial charge in [-0.1, -0.05) is 50.5 Å². The predicted octanol–water partition coefficient (Wildman–Crippen LogP) is 4.29. The van der Waals surface area contributed by atoms with Gasteiger partial charge in [-0.25, -0.2) is 4.79 Å². The van der Waals surface area contributed by atoms with E-state index in [1.165, 1.54) is 19.3 Å². The molecule has 1 aromatic carbocycles. The third-order valence-electron chi connectivity index (χ3n) is 4.00. The first-order valence-electron chi connectivity index (χ1n) is 8.15. The van der Waals surface area contributed by atoms with Gasteiger partial charge in [0.1, 0.15) is 0 Å². The summed E-state index contributed by atoms with van der Waals surface area (Å²) in [6.07, 6.45) is 8.87. The van der Waals surface area contributed by atoms with E-state index in [0.717, 1.165) is 30.0 Å². The molecule has 0 aromatic heterocycles. The Balaban J connectivity index is 2.79. The fraction of sp³-hybridized carbons (Fsp3) is 0.526. The van der Waals surface area contributed by atoms with E-state index >= 15 is 0 Å². The van der Waals surface area contributed by atoms with Crippen molar-refractivity contribution in [2.75, 3.05) is 14.2 Å². The fourth-order valence-electron chi connectivity index (χ4n) is 2.63. The van der Waals surface area contributed by atoms with Crippen molar-refractivity contribution in [2.45, 2.75) is 51.2 Å². The quantitative estimate of drug-likeness (QED) is 0.375. The number of rotatable bonds is 11. The minimum absolute atomic E-state index is 0.622. The number of unbranched alkanes of at least 4 members (excludes halogenated alkanes) is 3. The maximum absolute atomic E-state index is 10.6. The highest BCUT2D eigenvalue weighted by Crippen LogP contribution is 2.26. The van der Waals surface area contributed by atoms with Crippen LogP contribution < -0.4 is 0 Å². The van der Waals surface area contributed by atoms with Gasteiger partial charge >= 0.3 is 5.97 Å². The smallest absolute Gasteiger partial charge is 0.328 e. The van der Waals surface area contributed by atoms with Gasteiger partial charge in [-0.2, -0.15) is 0 Å². The summed E-state index contributed by atoms with van der Waals surface area (Å²) in [4.78, 5) is 10.6. The van der Waals surface area contributed by atoms with Crippen molar-refractivity contribution in [3.8, 4) is 0 Å². The molecule has 23 heavy (non-hydrogen) atoms. The normalized spacial score (nSPS) is 12.0. The number of methoxy groups -OCH3 is 2.